The van der Waals surface area contributed by atoms with Crippen LogP contribution >= 0.6 is 0 Å². The van der Waals surface area contributed by atoms with E-state index in [2.05, 4.69) is 69.4 Å². The first kappa shape index (κ1) is 57.9. The van der Waals surface area contributed by atoms with Crippen molar-refractivity contribution in [2.24, 2.45) is 0 Å². The first-order valence-electron chi connectivity index (χ1n) is 26.2. The minimum atomic E-state index is -0.535. The Labute approximate surface area is 373 Å². The molecular formula is C55H100O5. The molecule has 350 valence electrons. The molecule has 5 heteroatoms. The molecule has 0 saturated heterocycles. The van der Waals surface area contributed by atoms with Gasteiger partial charge in [-0.2, -0.15) is 0 Å². The first-order valence-corrected chi connectivity index (χ1v) is 26.2. The van der Waals surface area contributed by atoms with Gasteiger partial charge in [-0.1, -0.05) is 243 Å². The van der Waals surface area contributed by atoms with Crippen LogP contribution in [0.25, 0.3) is 0 Å². The molecule has 0 aliphatic heterocycles. The largest absolute Gasteiger partial charge is 0.462 e. The SMILES string of the molecule is CC/C=C\C/C=C\C/C=C\C/C=C\CCCCCCCCCOCC(COC(=O)CCCCCCCCCCCCCCCCCCC)OC(=O)CCCCCCCCC. The molecule has 0 aliphatic carbocycles. The average molecular weight is 841 g/mol. The monoisotopic (exact) mass is 841 g/mol. The highest BCUT2D eigenvalue weighted by atomic mass is 16.6. The van der Waals surface area contributed by atoms with Gasteiger partial charge in [-0.15, -0.1) is 0 Å². The molecule has 0 radical (unpaired) electrons. The lowest BCUT2D eigenvalue weighted by atomic mass is 10.0. The molecule has 0 bridgehead atoms. The summed E-state index contributed by atoms with van der Waals surface area (Å²) in [5.41, 5.74) is 0. The zero-order valence-electron chi connectivity index (χ0n) is 40.2. The standard InChI is InChI=1S/C55H100O5/c1-4-7-10-13-16-18-20-22-24-26-27-28-30-32-34-36-38-41-44-47-50-58-51-53(60-55(57)49-46-43-39-15-12-9-6-3)52-59-54(56)48-45-42-40-37-35-33-31-29-25-23-21-19-17-14-11-8-5-2/h7,10,16,18,22,24,27-28,53H,4-6,8-9,11-15,17,19-21,23,25-26,29-52H2,1-3H3/b10-7-,18-16-,24-22-,28-27-. The van der Waals surface area contributed by atoms with E-state index in [-0.39, 0.29) is 25.2 Å². The van der Waals surface area contributed by atoms with Gasteiger partial charge in [0.05, 0.1) is 6.61 Å². The Morgan fingerprint density at radius 3 is 1.20 bits per heavy atom. The van der Waals surface area contributed by atoms with E-state index >= 15 is 0 Å². The van der Waals surface area contributed by atoms with Crippen LogP contribution in [0.15, 0.2) is 48.6 Å². The molecular weight excluding hydrogens is 741 g/mol. The second kappa shape index (κ2) is 51.2. The molecule has 0 aromatic heterocycles. The summed E-state index contributed by atoms with van der Waals surface area (Å²) in [6.45, 7) is 7.69. The molecule has 0 fully saturated rings. The summed E-state index contributed by atoms with van der Waals surface area (Å²) in [6.07, 6.45) is 62.8. The average Bonchev–Trinajstić information content (AvgIpc) is 3.25. The van der Waals surface area contributed by atoms with Crippen molar-refractivity contribution in [3.05, 3.63) is 48.6 Å². The number of carbonyl (C=O) groups is 2. The predicted octanol–water partition coefficient (Wildman–Crippen LogP) is 17.6. The van der Waals surface area contributed by atoms with Crippen LogP contribution in [0.2, 0.25) is 0 Å². The smallest absolute Gasteiger partial charge is 0.306 e. The second-order valence-electron chi connectivity index (χ2n) is 17.4. The third-order valence-corrected chi connectivity index (χ3v) is 11.4. The number of esters is 2. The Morgan fingerprint density at radius 2 is 0.750 bits per heavy atom. The van der Waals surface area contributed by atoms with Gasteiger partial charge in [0.25, 0.3) is 0 Å². The molecule has 0 heterocycles. The molecule has 0 aromatic carbocycles. The zero-order chi connectivity index (χ0) is 43.5. The highest BCUT2D eigenvalue weighted by Crippen LogP contribution is 2.16. The third kappa shape index (κ3) is 48.5. The quantitative estimate of drug-likeness (QED) is 0.0347. The topological polar surface area (TPSA) is 61.8 Å². The van der Waals surface area contributed by atoms with E-state index in [9.17, 15) is 9.59 Å². The maximum absolute atomic E-state index is 12.7. The molecule has 0 amide bonds. The molecule has 0 N–H and O–H groups in total. The Bertz CT molecular complexity index is 997. The molecule has 60 heavy (non-hydrogen) atoms. The number of carbonyl (C=O) groups excluding carboxylic acids is 2. The van der Waals surface area contributed by atoms with Crippen molar-refractivity contribution in [1.82, 2.24) is 0 Å². The van der Waals surface area contributed by atoms with Gasteiger partial charge in [0.2, 0.25) is 0 Å². The van der Waals surface area contributed by atoms with Crippen molar-refractivity contribution >= 4 is 11.9 Å². The van der Waals surface area contributed by atoms with E-state index in [1.54, 1.807) is 0 Å². The Morgan fingerprint density at radius 1 is 0.383 bits per heavy atom. The molecule has 0 saturated carbocycles. The minimum Gasteiger partial charge on any atom is -0.462 e. The number of unbranched alkanes of at least 4 members (excludes halogenated alkanes) is 29. The fourth-order valence-electron chi connectivity index (χ4n) is 7.50. The van der Waals surface area contributed by atoms with E-state index in [4.69, 9.17) is 14.2 Å². The van der Waals surface area contributed by atoms with Crippen LogP contribution in [0.3, 0.4) is 0 Å². The van der Waals surface area contributed by atoms with Crippen LogP contribution < -0.4 is 0 Å². The predicted molar refractivity (Wildman–Crippen MR) is 261 cm³/mol. The molecule has 0 rings (SSSR count). The van der Waals surface area contributed by atoms with Crippen molar-refractivity contribution in [2.45, 2.75) is 271 Å². The highest BCUT2D eigenvalue weighted by molar-refractivity contribution is 5.70. The van der Waals surface area contributed by atoms with E-state index < -0.39 is 6.10 Å². The molecule has 5 nitrogen and oxygen atoms in total. The summed E-state index contributed by atoms with van der Waals surface area (Å²) in [5, 5.41) is 0. The summed E-state index contributed by atoms with van der Waals surface area (Å²) in [4.78, 5) is 25.2. The van der Waals surface area contributed by atoms with E-state index in [1.807, 2.05) is 0 Å². The number of rotatable bonds is 48. The second-order valence-corrected chi connectivity index (χ2v) is 17.4. The summed E-state index contributed by atoms with van der Waals surface area (Å²) in [5.74, 6) is -0.397. The van der Waals surface area contributed by atoms with Crippen LogP contribution in [0.4, 0.5) is 0 Å². The summed E-state index contributed by atoms with van der Waals surface area (Å²) >= 11 is 0. The number of hydrogen-bond donors (Lipinski definition) is 0. The minimum absolute atomic E-state index is 0.0848. The first-order chi connectivity index (χ1) is 29.6. The number of allylic oxidation sites excluding steroid dienone is 8. The summed E-state index contributed by atoms with van der Waals surface area (Å²) in [7, 11) is 0. The van der Waals surface area contributed by atoms with Gasteiger partial charge in [0, 0.05) is 19.4 Å². The fourth-order valence-corrected chi connectivity index (χ4v) is 7.50. The van der Waals surface area contributed by atoms with Crippen LogP contribution in [0.1, 0.15) is 265 Å². The molecule has 0 aromatic rings. The van der Waals surface area contributed by atoms with Crippen LogP contribution in [-0.4, -0.2) is 37.9 Å². The number of hydrogen-bond acceptors (Lipinski definition) is 5. The Hall–Kier alpha value is -2.14. The normalized spacial score (nSPS) is 12.5. The van der Waals surface area contributed by atoms with Crippen molar-refractivity contribution in [3.8, 4) is 0 Å². The fraction of sp³-hybridized carbons (Fsp3) is 0.818. The molecule has 0 spiro atoms. The zero-order valence-corrected chi connectivity index (χ0v) is 40.2. The lowest BCUT2D eigenvalue weighted by Gasteiger charge is -2.18. The lowest BCUT2D eigenvalue weighted by molar-refractivity contribution is -0.163. The Balaban J connectivity index is 4.09. The summed E-state index contributed by atoms with van der Waals surface area (Å²) < 4.78 is 17.3. The van der Waals surface area contributed by atoms with Crippen LogP contribution in [-0.2, 0) is 23.8 Å². The Kier molecular flexibility index (Phi) is 49.4. The van der Waals surface area contributed by atoms with Crippen molar-refractivity contribution < 1.29 is 23.8 Å². The van der Waals surface area contributed by atoms with Gasteiger partial charge in [0.1, 0.15) is 6.61 Å². The molecule has 0 aliphatic rings. The van der Waals surface area contributed by atoms with Gasteiger partial charge in [0.15, 0.2) is 6.10 Å². The molecule has 1 atom stereocenters. The van der Waals surface area contributed by atoms with Gasteiger partial charge >= 0.3 is 11.9 Å². The maximum Gasteiger partial charge on any atom is 0.306 e. The van der Waals surface area contributed by atoms with Crippen LogP contribution in [0, 0.1) is 0 Å². The van der Waals surface area contributed by atoms with Crippen molar-refractivity contribution in [3.63, 3.8) is 0 Å². The van der Waals surface area contributed by atoms with Crippen LogP contribution in [0.5, 0.6) is 0 Å². The third-order valence-electron chi connectivity index (χ3n) is 11.4. The highest BCUT2D eigenvalue weighted by Gasteiger charge is 2.17. The molecule has 1 unspecified atom stereocenters. The van der Waals surface area contributed by atoms with Gasteiger partial charge in [-0.25, -0.2) is 0 Å². The lowest BCUT2D eigenvalue weighted by Crippen LogP contribution is -2.30. The van der Waals surface area contributed by atoms with Gasteiger partial charge in [-0.3, -0.25) is 9.59 Å². The maximum atomic E-state index is 12.7. The van der Waals surface area contributed by atoms with E-state index in [0.29, 0.717) is 19.4 Å². The summed E-state index contributed by atoms with van der Waals surface area (Å²) in [6, 6.07) is 0. The number of ether oxygens (including phenoxy) is 3. The van der Waals surface area contributed by atoms with Gasteiger partial charge in [-0.05, 0) is 57.8 Å². The van der Waals surface area contributed by atoms with E-state index in [0.717, 1.165) is 64.2 Å². The van der Waals surface area contributed by atoms with E-state index in [1.165, 1.54) is 167 Å². The van der Waals surface area contributed by atoms with Crippen molar-refractivity contribution in [1.29, 1.82) is 0 Å². The van der Waals surface area contributed by atoms with Crippen molar-refractivity contribution in [2.75, 3.05) is 19.8 Å². The van der Waals surface area contributed by atoms with Gasteiger partial charge < -0.3 is 14.2 Å².